The Bertz CT molecular complexity index is 872. The van der Waals surface area contributed by atoms with Crippen LogP contribution < -0.4 is 0 Å². The second-order valence-corrected chi connectivity index (χ2v) is 6.91. The van der Waals surface area contributed by atoms with Crippen molar-refractivity contribution < 1.29 is 9.18 Å². The smallest absolute Gasteiger partial charge is 0.266 e. The maximum atomic E-state index is 13.0. The monoisotopic (exact) mass is 354 g/mol. The van der Waals surface area contributed by atoms with E-state index in [0.29, 0.717) is 16.6 Å². The molecule has 1 aliphatic rings. The maximum Gasteiger partial charge on any atom is 0.266 e. The molecule has 0 saturated carbocycles. The van der Waals surface area contributed by atoms with E-state index in [1.165, 1.54) is 23.9 Å². The van der Waals surface area contributed by atoms with E-state index >= 15 is 0 Å². The molecule has 2 aromatic carbocycles. The second-order valence-electron chi connectivity index (χ2n) is 5.90. The Morgan fingerprint density at radius 2 is 1.88 bits per heavy atom. The summed E-state index contributed by atoms with van der Waals surface area (Å²) in [5, 5.41) is 0.676. The molecule has 128 valence electrons. The number of hydrogen-bond acceptors (Lipinski definition) is 3. The van der Waals surface area contributed by atoms with Crippen LogP contribution in [0.25, 0.3) is 6.08 Å². The molecule has 1 fully saturated rings. The summed E-state index contributed by atoms with van der Waals surface area (Å²) in [4.78, 5) is 19.6. The third-order valence-corrected chi connectivity index (χ3v) is 4.96. The highest BCUT2D eigenvalue weighted by atomic mass is 32.2. The minimum absolute atomic E-state index is 0.0686. The molecular formula is C20H19FN2OS. The van der Waals surface area contributed by atoms with Crippen LogP contribution in [-0.4, -0.2) is 22.5 Å². The number of carbonyl (C=O) groups is 1. The van der Waals surface area contributed by atoms with Gasteiger partial charge in [0.25, 0.3) is 5.91 Å². The van der Waals surface area contributed by atoms with Gasteiger partial charge in [-0.2, -0.15) is 0 Å². The number of thioether (sulfide) groups is 1. The zero-order valence-electron chi connectivity index (χ0n) is 14.4. The van der Waals surface area contributed by atoms with Gasteiger partial charge in [0.1, 0.15) is 5.82 Å². The van der Waals surface area contributed by atoms with Crippen LogP contribution in [0.5, 0.6) is 0 Å². The van der Waals surface area contributed by atoms with E-state index < -0.39 is 0 Å². The van der Waals surface area contributed by atoms with Gasteiger partial charge in [-0.25, -0.2) is 9.38 Å². The summed E-state index contributed by atoms with van der Waals surface area (Å²) in [6.07, 6.45) is 1.78. The van der Waals surface area contributed by atoms with Gasteiger partial charge >= 0.3 is 0 Å². The number of halogens is 1. The lowest BCUT2D eigenvalue weighted by molar-refractivity contribution is -0.122. The first-order valence-corrected chi connectivity index (χ1v) is 8.92. The Kier molecular flexibility index (Phi) is 5.04. The Hall–Kier alpha value is -2.40. The van der Waals surface area contributed by atoms with Crippen LogP contribution >= 0.6 is 11.8 Å². The van der Waals surface area contributed by atoms with Crippen molar-refractivity contribution in [1.82, 2.24) is 4.90 Å². The van der Waals surface area contributed by atoms with E-state index in [1.54, 1.807) is 23.1 Å². The third-order valence-electron chi connectivity index (χ3n) is 3.95. The summed E-state index contributed by atoms with van der Waals surface area (Å²) in [7, 11) is 0. The number of benzene rings is 2. The van der Waals surface area contributed by atoms with E-state index in [4.69, 9.17) is 4.99 Å². The molecule has 0 aromatic heterocycles. The van der Waals surface area contributed by atoms with Crippen LogP contribution in [0.3, 0.4) is 0 Å². The molecule has 1 amide bonds. The number of aliphatic imine (C=N–C) groups is 1. The SMILES string of the molecule is CCN1C(=O)/C(=C\c2ccc(F)cc2)SC1=Nc1cc(C)ccc1C. The third kappa shape index (κ3) is 3.82. The number of aryl methyl sites for hydroxylation is 2. The summed E-state index contributed by atoms with van der Waals surface area (Å²) in [6, 6.07) is 12.2. The fraction of sp³-hybridized carbons (Fsp3) is 0.200. The molecule has 0 N–H and O–H groups in total. The summed E-state index contributed by atoms with van der Waals surface area (Å²) < 4.78 is 13.0. The number of likely N-dealkylation sites (N-methyl/N-ethyl adjacent to an activating group) is 1. The van der Waals surface area contributed by atoms with Crippen LogP contribution in [0.15, 0.2) is 52.4 Å². The van der Waals surface area contributed by atoms with Crippen molar-refractivity contribution >= 4 is 34.6 Å². The number of rotatable bonds is 3. The Morgan fingerprint density at radius 1 is 1.16 bits per heavy atom. The van der Waals surface area contributed by atoms with Gasteiger partial charge in [-0.3, -0.25) is 9.69 Å². The summed E-state index contributed by atoms with van der Waals surface area (Å²) in [5.41, 5.74) is 3.86. The topological polar surface area (TPSA) is 32.7 Å². The van der Waals surface area contributed by atoms with E-state index in [2.05, 4.69) is 0 Å². The maximum absolute atomic E-state index is 13.0. The summed E-state index contributed by atoms with van der Waals surface area (Å²) in [6.45, 7) is 6.51. The number of amidine groups is 1. The predicted octanol–water partition coefficient (Wildman–Crippen LogP) is 5.07. The van der Waals surface area contributed by atoms with E-state index in [1.807, 2.05) is 39.0 Å². The first-order chi connectivity index (χ1) is 12.0. The van der Waals surface area contributed by atoms with Gasteiger partial charge in [0.2, 0.25) is 0 Å². The van der Waals surface area contributed by atoms with Gasteiger partial charge in [-0.1, -0.05) is 24.3 Å². The van der Waals surface area contributed by atoms with Crippen LogP contribution in [-0.2, 0) is 4.79 Å². The predicted molar refractivity (Wildman–Crippen MR) is 102 cm³/mol. The summed E-state index contributed by atoms with van der Waals surface area (Å²) >= 11 is 1.35. The molecule has 25 heavy (non-hydrogen) atoms. The van der Waals surface area contributed by atoms with Crippen molar-refractivity contribution in [3.05, 3.63) is 69.9 Å². The molecule has 0 aliphatic carbocycles. The van der Waals surface area contributed by atoms with E-state index in [9.17, 15) is 9.18 Å². The van der Waals surface area contributed by atoms with Gasteiger partial charge in [-0.15, -0.1) is 0 Å². The van der Waals surface area contributed by atoms with Crippen molar-refractivity contribution in [3.8, 4) is 0 Å². The van der Waals surface area contributed by atoms with Gasteiger partial charge in [0.15, 0.2) is 5.17 Å². The van der Waals surface area contributed by atoms with E-state index in [0.717, 1.165) is 22.4 Å². The highest BCUT2D eigenvalue weighted by Gasteiger charge is 2.32. The standard InChI is InChI=1S/C20H19FN2OS/c1-4-23-19(24)18(12-15-7-9-16(21)10-8-15)25-20(23)22-17-11-13(2)5-6-14(17)3/h5-12H,4H2,1-3H3/b18-12+,22-20?. The Labute approximate surface area is 151 Å². The van der Waals surface area contributed by atoms with Gasteiger partial charge in [0, 0.05) is 6.54 Å². The van der Waals surface area contributed by atoms with Crippen molar-refractivity contribution in [3.63, 3.8) is 0 Å². The van der Waals surface area contributed by atoms with Gasteiger partial charge in [-0.05, 0) is 73.5 Å². The number of amides is 1. The molecule has 0 bridgehead atoms. The molecule has 0 spiro atoms. The van der Waals surface area contributed by atoms with Crippen molar-refractivity contribution in [2.24, 2.45) is 4.99 Å². The lowest BCUT2D eigenvalue weighted by atomic mass is 10.1. The molecule has 0 radical (unpaired) electrons. The number of nitrogens with zero attached hydrogens (tertiary/aromatic N) is 2. The fourth-order valence-corrected chi connectivity index (χ4v) is 3.58. The second kappa shape index (κ2) is 7.23. The molecule has 1 saturated heterocycles. The highest BCUT2D eigenvalue weighted by molar-refractivity contribution is 8.18. The van der Waals surface area contributed by atoms with Crippen LogP contribution in [0.2, 0.25) is 0 Å². The molecule has 2 aromatic rings. The van der Waals surface area contributed by atoms with Crippen molar-refractivity contribution in [1.29, 1.82) is 0 Å². The molecule has 0 atom stereocenters. The first kappa shape index (κ1) is 17.4. The molecule has 0 unspecified atom stereocenters. The summed E-state index contributed by atoms with van der Waals surface area (Å²) in [5.74, 6) is -0.360. The van der Waals surface area contributed by atoms with Crippen molar-refractivity contribution in [2.75, 3.05) is 6.54 Å². The first-order valence-electron chi connectivity index (χ1n) is 8.11. The van der Waals surface area contributed by atoms with Crippen LogP contribution in [0, 0.1) is 19.7 Å². The quantitative estimate of drug-likeness (QED) is 0.721. The van der Waals surface area contributed by atoms with Gasteiger partial charge < -0.3 is 0 Å². The zero-order valence-corrected chi connectivity index (χ0v) is 15.2. The normalized spacial score (nSPS) is 17.8. The minimum Gasteiger partial charge on any atom is -0.287 e. The number of hydrogen-bond donors (Lipinski definition) is 0. The minimum atomic E-state index is -0.292. The average molecular weight is 354 g/mol. The Balaban J connectivity index is 1.96. The lowest BCUT2D eigenvalue weighted by Crippen LogP contribution is -2.28. The molecule has 1 aliphatic heterocycles. The molecule has 3 rings (SSSR count). The molecule has 5 heteroatoms. The Morgan fingerprint density at radius 3 is 2.56 bits per heavy atom. The average Bonchev–Trinajstić information content (AvgIpc) is 2.88. The van der Waals surface area contributed by atoms with E-state index in [-0.39, 0.29) is 11.7 Å². The van der Waals surface area contributed by atoms with Gasteiger partial charge in [0.05, 0.1) is 10.6 Å². The van der Waals surface area contributed by atoms with Crippen LogP contribution in [0.1, 0.15) is 23.6 Å². The molecule has 3 nitrogen and oxygen atoms in total. The lowest BCUT2D eigenvalue weighted by Gasteiger charge is -2.12. The van der Waals surface area contributed by atoms with Crippen molar-refractivity contribution in [2.45, 2.75) is 20.8 Å². The largest absolute Gasteiger partial charge is 0.287 e. The molecule has 1 heterocycles. The zero-order chi connectivity index (χ0) is 18.0. The highest BCUT2D eigenvalue weighted by Crippen LogP contribution is 2.34. The molecular weight excluding hydrogens is 335 g/mol. The number of carbonyl (C=O) groups excluding carboxylic acids is 1. The van der Waals surface area contributed by atoms with Crippen LogP contribution in [0.4, 0.5) is 10.1 Å². The fourth-order valence-electron chi connectivity index (χ4n) is 2.52.